The van der Waals surface area contributed by atoms with Gasteiger partial charge in [-0.15, -0.1) is 11.3 Å². The van der Waals surface area contributed by atoms with E-state index in [-0.39, 0.29) is 18.2 Å². The summed E-state index contributed by atoms with van der Waals surface area (Å²) in [6.45, 7) is 0.435. The van der Waals surface area contributed by atoms with E-state index in [0.717, 1.165) is 6.42 Å². The Morgan fingerprint density at radius 1 is 1.45 bits per heavy atom. The van der Waals surface area contributed by atoms with Crippen LogP contribution in [0.15, 0.2) is 29.6 Å². The van der Waals surface area contributed by atoms with Crippen LogP contribution in [0, 0.1) is 10.1 Å². The minimum atomic E-state index is -0.465. The molecule has 0 atom stereocenters. The van der Waals surface area contributed by atoms with E-state index in [1.54, 1.807) is 17.4 Å². The average Bonchev–Trinajstić information content (AvgIpc) is 2.99. The van der Waals surface area contributed by atoms with E-state index in [9.17, 15) is 14.9 Å². The van der Waals surface area contributed by atoms with Gasteiger partial charge in [-0.05, 0) is 23.9 Å². The van der Waals surface area contributed by atoms with Gasteiger partial charge in [0.1, 0.15) is 5.69 Å². The van der Waals surface area contributed by atoms with Crippen molar-refractivity contribution in [1.82, 2.24) is 0 Å². The number of amides is 1. The van der Waals surface area contributed by atoms with Crippen LogP contribution in [0.1, 0.15) is 4.88 Å². The normalized spacial score (nSPS) is 13.0. The Bertz CT molecular complexity index is 715. The molecule has 8 heteroatoms. The van der Waals surface area contributed by atoms with Crippen molar-refractivity contribution in [3.8, 4) is 5.75 Å². The quantitative estimate of drug-likeness (QED) is 0.653. The molecule has 2 heterocycles. The Hall–Kier alpha value is -2.61. The van der Waals surface area contributed by atoms with Crippen molar-refractivity contribution < 1.29 is 14.5 Å². The van der Waals surface area contributed by atoms with Crippen LogP contribution in [0.25, 0.3) is 0 Å². The lowest BCUT2D eigenvalue weighted by molar-refractivity contribution is -0.384. The maximum Gasteiger partial charge on any atom is 0.296 e. The van der Waals surface area contributed by atoms with E-state index in [4.69, 9.17) is 4.74 Å². The molecule has 0 spiro atoms. The molecule has 2 N–H and O–H groups in total. The van der Waals surface area contributed by atoms with Crippen LogP contribution in [-0.4, -0.2) is 24.0 Å². The summed E-state index contributed by atoms with van der Waals surface area (Å²) in [4.78, 5) is 23.3. The number of hydrogen-bond donors (Lipinski definition) is 2. The molecule has 2 aromatic rings. The molecular formula is C14H13N3O4S. The predicted molar refractivity (Wildman–Crippen MR) is 83.7 cm³/mol. The first kappa shape index (κ1) is 14.3. The highest BCUT2D eigenvalue weighted by molar-refractivity contribution is 7.09. The third-order valence-corrected chi connectivity index (χ3v) is 4.13. The highest BCUT2D eigenvalue weighted by Gasteiger charge is 2.23. The second-order valence-electron chi connectivity index (χ2n) is 4.72. The average molecular weight is 319 g/mol. The fourth-order valence-electron chi connectivity index (χ4n) is 2.18. The molecule has 0 unspecified atom stereocenters. The third-order valence-electron chi connectivity index (χ3n) is 3.19. The zero-order valence-electron chi connectivity index (χ0n) is 11.5. The van der Waals surface area contributed by atoms with Crippen LogP contribution < -0.4 is 15.4 Å². The fourth-order valence-corrected chi connectivity index (χ4v) is 2.89. The summed E-state index contributed by atoms with van der Waals surface area (Å²) < 4.78 is 5.20. The summed E-state index contributed by atoms with van der Waals surface area (Å²) in [6.07, 6.45) is 0.773. The Balaban J connectivity index is 1.80. The molecule has 114 valence electrons. The SMILES string of the molecule is O=C1COc2cc([N+](=O)[O-])c(NCCc3cccs3)cc2N1. The van der Waals surface area contributed by atoms with Gasteiger partial charge in [0.05, 0.1) is 16.7 Å². The monoisotopic (exact) mass is 319 g/mol. The highest BCUT2D eigenvalue weighted by atomic mass is 32.1. The van der Waals surface area contributed by atoms with E-state index in [1.807, 2.05) is 17.5 Å². The molecule has 22 heavy (non-hydrogen) atoms. The van der Waals surface area contributed by atoms with E-state index in [1.165, 1.54) is 10.9 Å². The van der Waals surface area contributed by atoms with Crippen molar-refractivity contribution in [3.05, 3.63) is 44.6 Å². The van der Waals surface area contributed by atoms with Crippen molar-refractivity contribution >= 4 is 34.3 Å². The standard InChI is InChI=1S/C14H13N3O4S/c18-14-8-21-13-7-12(17(19)20)10(6-11(13)16-14)15-4-3-9-2-1-5-22-9/h1-2,5-7,15H,3-4,8H2,(H,16,18). The van der Waals surface area contributed by atoms with Gasteiger partial charge in [-0.2, -0.15) is 0 Å². The van der Waals surface area contributed by atoms with Crippen LogP contribution in [0.2, 0.25) is 0 Å². The summed E-state index contributed by atoms with van der Waals surface area (Å²) in [5.41, 5.74) is 0.743. The third kappa shape index (κ3) is 3.01. The Morgan fingerprint density at radius 3 is 3.05 bits per heavy atom. The second-order valence-corrected chi connectivity index (χ2v) is 5.75. The number of ether oxygens (including phenoxy) is 1. The number of thiophene rings is 1. The van der Waals surface area contributed by atoms with Gasteiger partial charge >= 0.3 is 0 Å². The lowest BCUT2D eigenvalue weighted by Crippen LogP contribution is -2.25. The number of anilines is 2. The molecule has 0 saturated heterocycles. The van der Waals surface area contributed by atoms with Gasteiger partial charge in [-0.3, -0.25) is 14.9 Å². The molecule has 1 amide bonds. The molecule has 1 aromatic heterocycles. The van der Waals surface area contributed by atoms with Crippen LogP contribution in [0.4, 0.5) is 17.1 Å². The van der Waals surface area contributed by atoms with Gasteiger partial charge in [0.15, 0.2) is 12.4 Å². The van der Waals surface area contributed by atoms with Gasteiger partial charge in [0.2, 0.25) is 0 Å². The van der Waals surface area contributed by atoms with E-state index in [0.29, 0.717) is 23.7 Å². The minimum Gasteiger partial charge on any atom is -0.481 e. The Kier molecular flexibility index (Phi) is 3.92. The highest BCUT2D eigenvalue weighted by Crippen LogP contribution is 2.37. The van der Waals surface area contributed by atoms with E-state index >= 15 is 0 Å². The largest absolute Gasteiger partial charge is 0.481 e. The number of carbonyl (C=O) groups is 1. The fraction of sp³-hybridized carbons (Fsp3) is 0.214. The number of fused-ring (bicyclic) bond motifs is 1. The number of hydrogen-bond acceptors (Lipinski definition) is 6. The van der Waals surface area contributed by atoms with E-state index in [2.05, 4.69) is 10.6 Å². The number of nitro groups is 1. The second kappa shape index (κ2) is 6.02. The zero-order chi connectivity index (χ0) is 15.5. The molecule has 3 rings (SSSR count). The zero-order valence-corrected chi connectivity index (χ0v) is 12.3. The molecule has 0 radical (unpaired) electrons. The maximum atomic E-state index is 11.3. The number of nitro benzene ring substituents is 1. The van der Waals surface area contributed by atoms with Crippen molar-refractivity contribution in [2.45, 2.75) is 6.42 Å². The summed E-state index contributed by atoms with van der Waals surface area (Å²) in [6, 6.07) is 6.86. The molecule has 1 aliphatic rings. The summed E-state index contributed by atoms with van der Waals surface area (Å²) >= 11 is 1.64. The minimum absolute atomic E-state index is 0.0684. The predicted octanol–water partition coefficient (Wildman–Crippen LogP) is 2.64. The maximum absolute atomic E-state index is 11.3. The molecular weight excluding hydrogens is 306 g/mol. The smallest absolute Gasteiger partial charge is 0.296 e. The van der Waals surface area contributed by atoms with Crippen LogP contribution in [0.3, 0.4) is 0 Å². The van der Waals surface area contributed by atoms with Crippen LogP contribution in [-0.2, 0) is 11.2 Å². The van der Waals surface area contributed by atoms with Crippen molar-refractivity contribution in [1.29, 1.82) is 0 Å². The van der Waals surface area contributed by atoms with Gasteiger partial charge in [-0.1, -0.05) is 6.07 Å². The molecule has 0 aliphatic carbocycles. The molecule has 0 fully saturated rings. The first-order valence-electron chi connectivity index (χ1n) is 6.65. The summed E-state index contributed by atoms with van der Waals surface area (Å²) in [5, 5.41) is 18.9. The Labute approximate surface area is 130 Å². The molecule has 7 nitrogen and oxygen atoms in total. The van der Waals surface area contributed by atoms with E-state index < -0.39 is 4.92 Å². The Morgan fingerprint density at radius 2 is 2.32 bits per heavy atom. The van der Waals surface area contributed by atoms with Gasteiger partial charge in [0, 0.05) is 11.4 Å². The van der Waals surface area contributed by atoms with Crippen molar-refractivity contribution in [2.24, 2.45) is 0 Å². The van der Waals surface area contributed by atoms with Crippen LogP contribution >= 0.6 is 11.3 Å². The first-order valence-corrected chi connectivity index (χ1v) is 7.53. The first-order chi connectivity index (χ1) is 10.6. The van der Waals surface area contributed by atoms with Gasteiger partial charge < -0.3 is 15.4 Å². The number of nitrogens with zero attached hydrogens (tertiary/aromatic N) is 1. The molecule has 1 aliphatic heterocycles. The molecule has 0 bridgehead atoms. The molecule has 1 aromatic carbocycles. The lowest BCUT2D eigenvalue weighted by atomic mass is 10.2. The summed E-state index contributed by atoms with van der Waals surface area (Å²) in [5.74, 6) is 0.0426. The lowest BCUT2D eigenvalue weighted by Gasteiger charge is -2.19. The summed E-state index contributed by atoms with van der Waals surface area (Å²) in [7, 11) is 0. The van der Waals surface area contributed by atoms with Gasteiger partial charge in [0.25, 0.3) is 11.6 Å². The topological polar surface area (TPSA) is 93.5 Å². The number of carbonyl (C=O) groups excluding carboxylic acids is 1. The number of rotatable bonds is 5. The van der Waals surface area contributed by atoms with Gasteiger partial charge in [-0.25, -0.2) is 0 Å². The van der Waals surface area contributed by atoms with Crippen LogP contribution in [0.5, 0.6) is 5.75 Å². The number of benzene rings is 1. The number of nitrogens with one attached hydrogen (secondary N) is 2. The van der Waals surface area contributed by atoms with Crippen molar-refractivity contribution in [3.63, 3.8) is 0 Å². The molecule has 0 saturated carbocycles. The van der Waals surface area contributed by atoms with Crippen molar-refractivity contribution in [2.75, 3.05) is 23.8 Å².